The minimum Gasteiger partial charge on any atom is -0.493 e. The second kappa shape index (κ2) is 11.1. The van der Waals surface area contributed by atoms with Crippen LogP contribution in [0.25, 0.3) is 0 Å². The number of amidine groups is 1. The zero-order chi connectivity index (χ0) is 22.1. The predicted molar refractivity (Wildman–Crippen MR) is 119 cm³/mol. The Kier molecular flexibility index (Phi) is 8.27. The number of ether oxygens (including phenoxy) is 2. The van der Waals surface area contributed by atoms with Crippen molar-refractivity contribution in [2.24, 2.45) is 10.9 Å². The number of benzene rings is 2. The molecule has 1 heterocycles. The quantitative estimate of drug-likeness (QED) is 0.257. The van der Waals surface area contributed by atoms with Crippen molar-refractivity contribution in [2.75, 3.05) is 45.8 Å². The molecule has 0 aliphatic carbocycles. The Morgan fingerprint density at radius 1 is 1.13 bits per heavy atom. The summed E-state index contributed by atoms with van der Waals surface area (Å²) in [5.41, 5.74) is 8.06. The van der Waals surface area contributed by atoms with Crippen molar-refractivity contribution < 1.29 is 22.7 Å². The third-order valence-electron chi connectivity index (χ3n) is 4.80. The van der Waals surface area contributed by atoms with E-state index in [1.54, 1.807) is 12.1 Å². The zero-order valence-electron chi connectivity index (χ0n) is 17.7. The Morgan fingerprint density at radius 2 is 1.87 bits per heavy atom. The van der Waals surface area contributed by atoms with Crippen molar-refractivity contribution in [1.82, 2.24) is 4.90 Å². The lowest BCUT2D eigenvalue weighted by Crippen LogP contribution is -2.35. The molecule has 0 radical (unpaired) electrons. The molecule has 0 saturated carbocycles. The Bertz CT molecular complexity index is 971. The first kappa shape index (κ1) is 23.1. The number of sulfone groups is 1. The molecule has 0 bridgehead atoms. The Labute approximate surface area is 183 Å². The number of hydrogen-bond acceptors (Lipinski definition) is 7. The molecular weight excluding hydrogens is 418 g/mol. The minimum atomic E-state index is -3.20. The standard InChI is InChI=1S/C22H29N3O5S/c1-31(26,27)21-8-6-20(7-9-21)29-12-3-13-30-24-22(23)19-5-2-4-18(16-19)17-25-10-14-28-15-11-25/h2,4-9,16H,3,10-15,17H2,1H3,(H2,23,24). The largest absolute Gasteiger partial charge is 0.493 e. The minimum absolute atomic E-state index is 0.266. The molecule has 0 amide bonds. The second-order valence-electron chi connectivity index (χ2n) is 7.34. The van der Waals surface area contributed by atoms with E-state index in [1.165, 1.54) is 24.0 Å². The first-order valence-corrected chi connectivity index (χ1v) is 12.1. The molecule has 1 fully saturated rings. The lowest BCUT2D eigenvalue weighted by atomic mass is 10.1. The maximum absolute atomic E-state index is 11.5. The van der Waals surface area contributed by atoms with Gasteiger partial charge in [0.25, 0.3) is 0 Å². The van der Waals surface area contributed by atoms with Crippen LogP contribution in [0.4, 0.5) is 0 Å². The number of oxime groups is 1. The molecule has 2 N–H and O–H groups in total. The van der Waals surface area contributed by atoms with Crippen molar-refractivity contribution in [3.63, 3.8) is 0 Å². The summed E-state index contributed by atoms with van der Waals surface area (Å²) < 4.78 is 33.9. The molecule has 2 aromatic rings. The Morgan fingerprint density at radius 3 is 2.58 bits per heavy atom. The lowest BCUT2D eigenvalue weighted by molar-refractivity contribution is 0.0342. The van der Waals surface area contributed by atoms with Gasteiger partial charge in [0.05, 0.1) is 24.7 Å². The lowest BCUT2D eigenvalue weighted by Gasteiger charge is -2.26. The molecule has 3 rings (SSSR count). The highest BCUT2D eigenvalue weighted by atomic mass is 32.2. The summed E-state index contributed by atoms with van der Waals surface area (Å²) in [6.45, 7) is 5.04. The molecule has 1 aliphatic rings. The summed E-state index contributed by atoms with van der Waals surface area (Å²) >= 11 is 0. The summed E-state index contributed by atoms with van der Waals surface area (Å²) in [6, 6.07) is 14.3. The molecule has 168 valence electrons. The summed E-state index contributed by atoms with van der Waals surface area (Å²) in [7, 11) is -3.20. The average Bonchev–Trinajstić information content (AvgIpc) is 2.76. The predicted octanol–water partition coefficient (Wildman–Crippen LogP) is 2.03. The van der Waals surface area contributed by atoms with Gasteiger partial charge in [-0.15, -0.1) is 0 Å². The van der Waals surface area contributed by atoms with Crippen molar-refractivity contribution in [2.45, 2.75) is 17.9 Å². The third kappa shape index (κ3) is 7.54. The van der Waals surface area contributed by atoms with E-state index in [9.17, 15) is 8.42 Å². The van der Waals surface area contributed by atoms with Crippen LogP contribution in [0.2, 0.25) is 0 Å². The normalized spacial score (nSPS) is 15.6. The molecular formula is C22H29N3O5S. The van der Waals surface area contributed by atoms with E-state index in [1.807, 2.05) is 18.2 Å². The van der Waals surface area contributed by atoms with Crippen LogP contribution < -0.4 is 10.5 Å². The molecule has 8 nitrogen and oxygen atoms in total. The Balaban J connectivity index is 1.40. The van der Waals surface area contributed by atoms with E-state index in [0.717, 1.165) is 38.4 Å². The third-order valence-corrected chi connectivity index (χ3v) is 5.92. The first-order chi connectivity index (χ1) is 14.9. The van der Waals surface area contributed by atoms with E-state index in [2.05, 4.69) is 16.1 Å². The number of morpholine rings is 1. The summed E-state index contributed by atoms with van der Waals surface area (Å²) in [6.07, 6.45) is 1.79. The van der Waals surface area contributed by atoms with Crippen molar-refractivity contribution in [1.29, 1.82) is 0 Å². The molecule has 0 atom stereocenters. The van der Waals surface area contributed by atoms with Gasteiger partial charge in [-0.2, -0.15) is 0 Å². The van der Waals surface area contributed by atoms with Gasteiger partial charge in [0, 0.05) is 37.9 Å². The van der Waals surface area contributed by atoms with Crippen LogP contribution in [-0.4, -0.2) is 64.9 Å². The summed E-state index contributed by atoms with van der Waals surface area (Å²) in [4.78, 5) is 7.93. The van der Waals surface area contributed by atoms with Gasteiger partial charge in [-0.25, -0.2) is 8.42 Å². The summed E-state index contributed by atoms with van der Waals surface area (Å²) in [5.74, 6) is 0.939. The van der Waals surface area contributed by atoms with Crippen LogP contribution in [-0.2, 0) is 26.0 Å². The maximum Gasteiger partial charge on any atom is 0.175 e. The molecule has 2 aromatic carbocycles. The van der Waals surface area contributed by atoms with Gasteiger partial charge in [-0.3, -0.25) is 4.90 Å². The second-order valence-corrected chi connectivity index (χ2v) is 9.36. The molecule has 0 aromatic heterocycles. The van der Waals surface area contributed by atoms with Crippen molar-refractivity contribution in [3.8, 4) is 5.75 Å². The van der Waals surface area contributed by atoms with Crippen LogP contribution in [0.3, 0.4) is 0 Å². The van der Waals surface area contributed by atoms with Gasteiger partial charge in [0.1, 0.15) is 12.4 Å². The zero-order valence-corrected chi connectivity index (χ0v) is 18.5. The van der Waals surface area contributed by atoms with E-state index in [0.29, 0.717) is 31.2 Å². The van der Waals surface area contributed by atoms with E-state index < -0.39 is 9.84 Å². The van der Waals surface area contributed by atoms with Gasteiger partial charge in [-0.1, -0.05) is 23.4 Å². The Hall–Kier alpha value is -2.62. The smallest absolute Gasteiger partial charge is 0.175 e. The highest BCUT2D eigenvalue weighted by molar-refractivity contribution is 7.90. The highest BCUT2D eigenvalue weighted by Gasteiger charge is 2.11. The van der Waals surface area contributed by atoms with Crippen LogP contribution >= 0.6 is 0 Å². The summed E-state index contributed by atoms with van der Waals surface area (Å²) in [5, 5.41) is 4.00. The average molecular weight is 448 g/mol. The van der Waals surface area contributed by atoms with Gasteiger partial charge < -0.3 is 20.0 Å². The van der Waals surface area contributed by atoms with E-state index in [-0.39, 0.29) is 4.90 Å². The number of rotatable bonds is 10. The van der Waals surface area contributed by atoms with Gasteiger partial charge in [0.15, 0.2) is 15.7 Å². The fourth-order valence-electron chi connectivity index (χ4n) is 3.11. The molecule has 0 spiro atoms. The number of nitrogens with two attached hydrogens (primary N) is 1. The SMILES string of the molecule is CS(=O)(=O)c1ccc(OCCCO/N=C(/N)c2cccc(CN3CCOCC3)c2)cc1. The fourth-order valence-corrected chi connectivity index (χ4v) is 3.74. The van der Waals surface area contributed by atoms with Crippen LogP contribution in [0.15, 0.2) is 58.6 Å². The topological polar surface area (TPSA) is 103 Å². The molecule has 1 aliphatic heterocycles. The van der Waals surface area contributed by atoms with Gasteiger partial charge in [-0.05, 0) is 35.9 Å². The van der Waals surface area contributed by atoms with Crippen LogP contribution in [0.1, 0.15) is 17.5 Å². The van der Waals surface area contributed by atoms with Crippen molar-refractivity contribution in [3.05, 3.63) is 59.7 Å². The van der Waals surface area contributed by atoms with E-state index >= 15 is 0 Å². The highest BCUT2D eigenvalue weighted by Crippen LogP contribution is 2.16. The fraction of sp³-hybridized carbons (Fsp3) is 0.409. The molecule has 1 saturated heterocycles. The van der Waals surface area contributed by atoms with Crippen molar-refractivity contribution >= 4 is 15.7 Å². The van der Waals surface area contributed by atoms with Crippen LogP contribution in [0, 0.1) is 0 Å². The number of hydrogen-bond donors (Lipinski definition) is 1. The van der Waals surface area contributed by atoms with Crippen LogP contribution in [0.5, 0.6) is 5.75 Å². The molecule has 0 unspecified atom stereocenters. The maximum atomic E-state index is 11.5. The number of nitrogens with zero attached hydrogens (tertiary/aromatic N) is 2. The first-order valence-electron chi connectivity index (χ1n) is 10.2. The molecule has 31 heavy (non-hydrogen) atoms. The van der Waals surface area contributed by atoms with Gasteiger partial charge in [0.2, 0.25) is 0 Å². The van der Waals surface area contributed by atoms with Gasteiger partial charge >= 0.3 is 0 Å². The molecule has 9 heteroatoms. The monoisotopic (exact) mass is 447 g/mol. The van der Waals surface area contributed by atoms with E-state index in [4.69, 9.17) is 20.0 Å².